The summed E-state index contributed by atoms with van der Waals surface area (Å²) in [5, 5.41) is -2.60. The molecule has 10 heteroatoms. The van der Waals surface area contributed by atoms with Crippen LogP contribution in [0.5, 0.6) is 0 Å². The van der Waals surface area contributed by atoms with Gasteiger partial charge >= 0.3 is 17.3 Å². The van der Waals surface area contributed by atoms with Crippen LogP contribution in [0.25, 0.3) is 0 Å². The molecule has 1 N–H and O–H groups in total. The van der Waals surface area contributed by atoms with Crippen molar-refractivity contribution in [1.29, 1.82) is 0 Å². The molecule has 0 fully saturated rings. The summed E-state index contributed by atoms with van der Waals surface area (Å²) in [6, 6.07) is 8.81. The number of carbonyl (C=O) groups excluding carboxylic acids is 3. The van der Waals surface area contributed by atoms with Crippen LogP contribution >= 0.6 is 0 Å². The Balaban J connectivity index is 2.78. The third-order valence-electron chi connectivity index (χ3n) is 3.60. The van der Waals surface area contributed by atoms with Gasteiger partial charge in [-0.25, -0.2) is 23.6 Å². The number of sulfone groups is 1. The molecule has 9 nitrogen and oxygen atoms in total. The second kappa shape index (κ2) is 10.6. The zero-order valence-electron chi connectivity index (χ0n) is 16.4. The van der Waals surface area contributed by atoms with Crippen LogP contribution in [0.15, 0.2) is 30.3 Å². The summed E-state index contributed by atoms with van der Waals surface area (Å²) >= 11 is 0. The van der Waals surface area contributed by atoms with Gasteiger partial charge in [-0.05, 0) is 24.8 Å². The Morgan fingerprint density at radius 2 is 1.71 bits per heavy atom. The highest BCUT2D eigenvalue weighted by Gasteiger charge is 2.42. The van der Waals surface area contributed by atoms with E-state index in [4.69, 9.17) is 9.47 Å². The van der Waals surface area contributed by atoms with E-state index in [1.807, 2.05) is 5.43 Å². The SMILES string of the molecule is CCOC(=O)C(CC(C)C)S(=O)(=O)C(=O)N(C)NC(=O)OCc1ccccc1. The van der Waals surface area contributed by atoms with Crippen LogP contribution in [0.4, 0.5) is 9.59 Å². The predicted octanol–water partition coefficient (Wildman–Crippen LogP) is 2.27. The first-order valence-electron chi connectivity index (χ1n) is 8.75. The molecule has 2 amide bonds. The van der Waals surface area contributed by atoms with E-state index in [1.54, 1.807) is 44.2 Å². The first-order chi connectivity index (χ1) is 13.1. The van der Waals surface area contributed by atoms with Gasteiger partial charge < -0.3 is 9.47 Å². The van der Waals surface area contributed by atoms with Gasteiger partial charge in [0, 0.05) is 7.05 Å². The lowest BCUT2D eigenvalue weighted by atomic mass is 10.1. The van der Waals surface area contributed by atoms with Gasteiger partial charge in [-0.1, -0.05) is 44.2 Å². The molecule has 0 aliphatic carbocycles. The summed E-state index contributed by atoms with van der Waals surface area (Å²) in [4.78, 5) is 36.2. The lowest BCUT2D eigenvalue weighted by Gasteiger charge is -2.22. The first-order valence-corrected chi connectivity index (χ1v) is 10.3. The summed E-state index contributed by atoms with van der Waals surface area (Å²) in [7, 11) is -3.53. The summed E-state index contributed by atoms with van der Waals surface area (Å²) in [5.74, 6) is -1.17. The summed E-state index contributed by atoms with van der Waals surface area (Å²) in [6.45, 7) is 4.90. The maximum absolute atomic E-state index is 12.6. The third kappa shape index (κ3) is 6.84. The normalized spacial score (nSPS) is 12.2. The number of esters is 1. The molecule has 0 bridgehead atoms. The monoisotopic (exact) mass is 414 g/mol. The molecule has 1 aromatic carbocycles. The van der Waals surface area contributed by atoms with Gasteiger partial charge in [0.1, 0.15) is 6.61 Å². The Kier molecular flexibility index (Phi) is 8.90. The van der Waals surface area contributed by atoms with Gasteiger partial charge in [0.2, 0.25) is 9.84 Å². The first kappa shape index (κ1) is 23.4. The topological polar surface area (TPSA) is 119 Å². The number of hydrazine groups is 1. The average molecular weight is 414 g/mol. The highest BCUT2D eigenvalue weighted by Crippen LogP contribution is 2.18. The van der Waals surface area contributed by atoms with Gasteiger partial charge in [-0.2, -0.15) is 0 Å². The highest BCUT2D eigenvalue weighted by atomic mass is 32.2. The Labute approximate surface area is 164 Å². The second-order valence-corrected chi connectivity index (χ2v) is 8.42. The summed E-state index contributed by atoms with van der Waals surface area (Å²) in [5.41, 5.74) is 2.75. The highest BCUT2D eigenvalue weighted by molar-refractivity contribution is 8.07. The molecule has 0 spiro atoms. The van der Waals surface area contributed by atoms with Crippen molar-refractivity contribution in [2.45, 2.75) is 39.0 Å². The maximum Gasteiger partial charge on any atom is 0.426 e. The minimum Gasteiger partial charge on any atom is -0.465 e. The number of ether oxygens (including phenoxy) is 2. The van der Waals surface area contributed by atoms with Crippen LogP contribution in [-0.4, -0.2) is 49.6 Å². The fourth-order valence-electron chi connectivity index (χ4n) is 2.26. The van der Waals surface area contributed by atoms with E-state index >= 15 is 0 Å². The van der Waals surface area contributed by atoms with Crippen molar-refractivity contribution in [2.75, 3.05) is 13.7 Å². The number of nitrogens with zero attached hydrogens (tertiary/aromatic N) is 1. The second-order valence-electron chi connectivity index (χ2n) is 6.41. The van der Waals surface area contributed by atoms with Crippen LogP contribution in [0.2, 0.25) is 0 Å². The quantitative estimate of drug-likeness (QED) is 0.537. The largest absolute Gasteiger partial charge is 0.465 e. The Bertz CT molecular complexity index is 778. The fraction of sp³-hybridized carbons (Fsp3) is 0.500. The van der Waals surface area contributed by atoms with Crippen molar-refractivity contribution < 1.29 is 32.3 Å². The molecule has 0 aromatic heterocycles. The molecule has 0 radical (unpaired) electrons. The van der Waals surface area contributed by atoms with Crippen LogP contribution in [0.1, 0.15) is 32.8 Å². The van der Waals surface area contributed by atoms with Gasteiger partial charge in [0.05, 0.1) is 6.61 Å². The Hall–Kier alpha value is -2.62. The molecule has 1 rings (SSSR count). The van der Waals surface area contributed by atoms with E-state index in [2.05, 4.69) is 0 Å². The molecular formula is C18H26N2O7S. The lowest BCUT2D eigenvalue weighted by molar-refractivity contribution is -0.142. The molecule has 156 valence electrons. The zero-order chi connectivity index (χ0) is 21.3. The molecule has 0 aliphatic heterocycles. The number of rotatable bonds is 7. The third-order valence-corrected chi connectivity index (χ3v) is 5.49. The van der Waals surface area contributed by atoms with Crippen molar-refractivity contribution in [3.8, 4) is 0 Å². The van der Waals surface area contributed by atoms with Crippen LogP contribution < -0.4 is 5.43 Å². The zero-order valence-corrected chi connectivity index (χ0v) is 17.2. The van der Waals surface area contributed by atoms with Gasteiger partial charge in [0.25, 0.3) is 0 Å². The minimum atomic E-state index is -4.59. The van der Waals surface area contributed by atoms with Crippen molar-refractivity contribution in [1.82, 2.24) is 10.4 Å². The summed E-state index contributed by atoms with van der Waals surface area (Å²) in [6.07, 6.45) is -1.09. The van der Waals surface area contributed by atoms with E-state index in [9.17, 15) is 22.8 Å². The van der Waals surface area contributed by atoms with Crippen LogP contribution in [0, 0.1) is 5.92 Å². The van der Waals surface area contributed by atoms with E-state index in [0.29, 0.717) is 5.01 Å². The number of benzene rings is 1. The smallest absolute Gasteiger partial charge is 0.426 e. The molecule has 0 saturated carbocycles. The molecule has 0 aliphatic rings. The number of nitrogens with one attached hydrogen (secondary N) is 1. The van der Waals surface area contributed by atoms with Crippen molar-refractivity contribution >= 4 is 27.1 Å². The van der Waals surface area contributed by atoms with Crippen molar-refractivity contribution in [3.05, 3.63) is 35.9 Å². The molecule has 0 saturated heterocycles. The molecule has 1 unspecified atom stereocenters. The fourth-order valence-corrected chi connectivity index (χ4v) is 3.89. The Morgan fingerprint density at radius 1 is 1.11 bits per heavy atom. The number of hydrogen-bond donors (Lipinski definition) is 1. The Morgan fingerprint density at radius 3 is 2.25 bits per heavy atom. The van der Waals surface area contributed by atoms with Crippen LogP contribution in [0.3, 0.4) is 0 Å². The molecule has 0 heterocycles. The van der Waals surface area contributed by atoms with Crippen molar-refractivity contribution in [2.24, 2.45) is 5.92 Å². The summed E-state index contributed by atoms with van der Waals surface area (Å²) < 4.78 is 34.9. The average Bonchev–Trinajstić information content (AvgIpc) is 2.64. The van der Waals surface area contributed by atoms with E-state index in [0.717, 1.165) is 12.6 Å². The number of carbonyl (C=O) groups is 3. The molecule has 1 atom stereocenters. The number of hydrogen-bond acceptors (Lipinski definition) is 7. The number of amides is 2. The van der Waals surface area contributed by atoms with Gasteiger partial charge in [-0.15, -0.1) is 0 Å². The molecular weight excluding hydrogens is 388 g/mol. The molecule has 1 aromatic rings. The van der Waals surface area contributed by atoms with Crippen LogP contribution in [-0.2, 0) is 30.7 Å². The van der Waals surface area contributed by atoms with E-state index in [1.165, 1.54) is 6.92 Å². The predicted molar refractivity (Wildman–Crippen MR) is 102 cm³/mol. The molecule has 28 heavy (non-hydrogen) atoms. The van der Waals surface area contributed by atoms with Crippen molar-refractivity contribution in [3.63, 3.8) is 0 Å². The van der Waals surface area contributed by atoms with Gasteiger partial charge in [-0.3, -0.25) is 9.59 Å². The lowest BCUT2D eigenvalue weighted by Crippen LogP contribution is -2.49. The minimum absolute atomic E-state index is 0.0168. The van der Waals surface area contributed by atoms with E-state index in [-0.39, 0.29) is 25.6 Å². The standard InChI is InChI=1S/C18H26N2O7S/c1-5-26-16(21)15(11-13(2)3)28(24,25)18(23)20(4)19-17(22)27-12-14-9-7-6-8-10-14/h6-10,13,15H,5,11-12H2,1-4H3,(H,19,22). The maximum atomic E-state index is 12.6. The van der Waals surface area contributed by atoms with E-state index < -0.39 is 32.4 Å². The van der Waals surface area contributed by atoms with Gasteiger partial charge in [0.15, 0.2) is 5.25 Å².